The second-order valence-corrected chi connectivity index (χ2v) is 5.60. The van der Waals surface area contributed by atoms with Crippen LogP contribution in [0.25, 0.3) is 11.0 Å². The van der Waals surface area contributed by atoms with Crippen LogP contribution in [0.1, 0.15) is 27.9 Å². The molecule has 25 heavy (non-hydrogen) atoms. The molecule has 4 aromatic rings. The summed E-state index contributed by atoms with van der Waals surface area (Å²) in [5, 5.41) is 0.864. The Morgan fingerprint density at radius 2 is 1.68 bits per heavy atom. The number of benzene rings is 2. The van der Waals surface area contributed by atoms with Gasteiger partial charge in [0.15, 0.2) is 6.10 Å². The van der Waals surface area contributed by atoms with Gasteiger partial charge >= 0.3 is 5.97 Å². The van der Waals surface area contributed by atoms with Gasteiger partial charge in [-0.1, -0.05) is 54.6 Å². The fourth-order valence-corrected chi connectivity index (χ4v) is 2.71. The first-order valence-electron chi connectivity index (χ1n) is 7.97. The smallest absolute Gasteiger partial charge is 0.375 e. The van der Waals surface area contributed by atoms with Crippen molar-refractivity contribution >= 4 is 16.9 Å². The first-order chi connectivity index (χ1) is 12.3. The zero-order chi connectivity index (χ0) is 17.1. The SMILES string of the molecule is O=C(OC(c1ccccc1)c1ccccn1)c1cc2ccccc2o1. The van der Waals surface area contributed by atoms with E-state index in [2.05, 4.69) is 4.98 Å². The van der Waals surface area contributed by atoms with Crippen LogP contribution in [0.3, 0.4) is 0 Å². The molecule has 0 radical (unpaired) electrons. The number of ether oxygens (including phenoxy) is 1. The van der Waals surface area contributed by atoms with Crippen LogP contribution in [-0.2, 0) is 4.74 Å². The Kier molecular flexibility index (Phi) is 4.01. The number of hydrogen-bond donors (Lipinski definition) is 0. The molecule has 0 bridgehead atoms. The molecule has 1 atom stereocenters. The standard InChI is InChI=1S/C21H15NO3/c23-21(19-14-16-10-4-5-12-18(16)24-19)25-20(15-8-2-1-3-9-15)17-11-6-7-13-22-17/h1-14,20H. The molecule has 0 fully saturated rings. The van der Waals surface area contributed by atoms with Gasteiger partial charge in [0.1, 0.15) is 5.58 Å². The number of esters is 1. The first-order valence-corrected chi connectivity index (χ1v) is 7.97. The number of rotatable bonds is 4. The third kappa shape index (κ3) is 3.15. The van der Waals surface area contributed by atoms with Crippen molar-refractivity contribution < 1.29 is 13.9 Å². The number of pyridine rings is 1. The Morgan fingerprint density at radius 3 is 2.44 bits per heavy atom. The summed E-state index contributed by atoms with van der Waals surface area (Å²) < 4.78 is 11.4. The van der Waals surface area contributed by atoms with Gasteiger partial charge in [0.25, 0.3) is 0 Å². The molecule has 0 N–H and O–H groups in total. The van der Waals surface area contributed by atoms with E-state index in [9.17, 15) is 4.79 Å². The van der Waals surface area contributed by atoms with Crippen molar-refractivity contribution in [2.75, 3.05) is 0 Å². The molecule has 4 nitrogen and oxygen atoms in total. The van der Waals surface area contributed by atoms with Crippen LogP contribution in [0.15, 0.2) is 89.5 Å². The molecule has 0 saturated carbocycles. The van der Waals surface area contributed by atoms with Crippen molar-refractivity contribution in [3.8, 4) is 0 Å². The molecule has 4 rings (SSSR count). The Labute approximate surface area is 144 Å². The zero-order valence-electron chi connectivity index (χ0n) is 13.3. The Balaban J connectivity index is 1.67. The minimum Gasteiger partial charge on any atom is -0.449 e. The number of carbonyl (C=O) groups excluding carboxylic acids is 1. The summed E-state index contributed by atoms with van der Waals surface area (Å²) in [5.74, 6) is -0.339. The van der Waals surface area contributed by atoms with Gasteiger partial charge in [-0.05, 0) is 29.8 Å². The van der Waals surface area contributed by atoms with E-state index < -0.39 is 12.1 Å². The molecular weight excluding hydrogens is 314 g/mol. The number of furan rings is 1. The molecule has 1 unspecified atom stereocenters. The number of carbonyl (C=O) groups is 1. The van der Waals surface area contributed by atoms with Gasteiger partial charge in [-0.25, -0.2) is 4.79 Å². The average Bonchev–Trinajstić information content (AvgIpc) is 3.12. The van der Waals surface area contributed by atoms with Crippen molar-refractivity contribution in [1.29, 1.82) is 0 Å². The molecule has 2 heterocycles. The lowest BCUT2D eigenvalue weighted by molar-refractivity contribution is 0.0337. The van der Waals surface area contributed by atoms with Crippen LogP contribution in [0.5, 0.6) is 0 Å². The molecule has 122 valence electrons. The lowest BCUT2D eigenvalue weighted by Gasteiger charge is -2.17. The van der Waals surface area contributed by atoms with E-state index in [1.807, 2.05) is 72.8 Å². The van der Waals surface area contributed by atoms with Crippen molar-refractivity contribution in [3.05, 3.63) is 102 Å². The maximum Gasteiger partial charge on any atom is 0.375 e. The van der Waals surface area contributed by atoms with Crippen molar-refractivity contribution in [2.45, 2.75) is 6.10 Å². The first kappa shape index (κ1) is 15.1. The number of aromatic nitrogens is 1. The molecule has 0 spiro atoms. The van der Waals surface area contributed by atoms with E-state index in [-0.39, 0.29) is 5.76 Å². The monoisotopic (exact) mass is 329 g/mol. The summed E-state index contributed by atoms with van der Waals surface area (Å²) in [4.78, 5) is 17.0. The Bertz CT molecular complexity index is 921. The van der Waals surface area contributed by atoms with Crippen LogP contribution in [0.4, 0.5) is 0 Å². The van der Waals surface area contributed by atoms with E-state index in [0.717, 1.165) is 10.9 Å². The van der Waals surface area contributed by atoms with E-state index in [1.54, 1.807) is 12.3 Å². The third-order valence-electron chi connectivity index (χ3n) is 3.91. The molecule has 0 aliphatic rings. The van der Waals surface area contributed by atoms with Crippen molar-refractivity contribution in [1.82, 2.24) is 4.98 Å². The van der Waals surface area contributed by atoms with E-state index in [1.165, 1.54) is 0 Å². The zero-order valence-corrected chi connectivity index (χ0v) is 13.3. The van der Waals surface area contributed by atoms with Crippen molar-refractivity contribution in [3.63, 3.8) is 0 Å². The van der Waals surface area contributed by atoms with Gasteiger partial charge in [-0.2, -0.15) is 0 Å². The molecule has 0 aliphatic heterocycles. The van der Waals surface area contributed by atoms with Gasteiger partial charge in [-0.15, -0.1) is 0 Å². The Morgan fingerprint density at radius 1 is 0.920 bits per heavy atom. The number of para-hydroxylation sites is 1. The minimum atomic E-state index is -0.594. The lowest BCUT2D eigenvalue weighted by Crippen LogP contribution is -2.13. The van der Waals surface area contributed by atoms with Gasteiger partial charge < -0.3 is 9.15 Å². The maximum absolute atomic E-state index is 12.6. The molecule has 2 aromatic heterocycles. The average molecular weight is 329 g/mol. The van der Waals surface area contributed by atoms with Crippen LogP contribution in [0.2, 0.25) is 0 Å². The quantitative estimate of drug-likeness (QED) is 0.506. The highest BCUT2D eigenvalue weighted by Crippen LogP contribution is 2.27. The largest absolute Gasteiger partial charge is 0.449 e. The predicted molar refractivity (Wildman–Crippen MR) is 94.2 cm³/mol. The summed E-state index contributed by atoms with van der Waals surface area (Å²) in [6.07, 6.45) is 1.09. The highest BCUT2D eigenvalue weighted by molar-refractivity contribution is 5.92. The lowest BCUT2D eigenvalue weighted by atomic mass is 10.1. The topological polar surface area (TPSA) is 52.3 Å². The minimum absolute atomic E-state index is 0.179. The molecule has 0 saturated heterocycles. The molecule has 2 aromatic carbocycles. The summed E-state index contributed by atoms with van der Waals surface area (Å²) in [7, 11) is 0. The van der Waals surface area contributed by atoms with Crippen LogP contribution < -0.4 is 0 Å². The highest BCUT2D eigenvalue weighted by atomic mass is 16.6. The van der Waals surface area contributed by atoms with Gasteiger partial charge in [0.05, 0.1) is 5.69 Å². The molecular formula is C21H15NO3. The summed E-state index contributed by atoms with van der Waals surface area (Å²) in [5.41, 5.74) is 2.17. The fraction of sp³-hybridized carbons (Fsp3) is 0.0476. The number of hydrogen-bond acceptors (Lipinski definition) is 4. The van der Waals surface area contributed by atoms with E-state index in [0.29, 0.717) is 11.3 Å². The second-order valence-electron chi connectivity index (χ2n) is 5.60. The summed E-state index contributed by atoms with van der Waals surface area (Å²) >= 11 is 0. The third-order valence-corrected chi connectivity index (χ3v) is 3.91. The van der Waals surface area contributed by atoms with E-state index in [4.69, 9.17) is 9.15 Å². The number of nitrogens with zero attached hydrogens (tertiary/aromatic N) is 1. The van der Waals surface area contributed by atoms with E-state index >= 15 is 0 Å². The van der Waals surface area contributed by atoms with Crippen molar-refractivity contribution in [2.24, 2.45) is 0 Å². The van der Waals surface area contributed by atoms with Gasteiger partial charge in [0.2, 0.25) is 5.76 Å². The number of fused-ring (bicyclic) bond motifs is 1. The molecule has 4 heteroatoms. The van der Waals surface area contributed by atoms with Crippen LogP contribution in [-0.4, -0.2) is 11.0 Å². The molecule has 0 amide bonds. The summed E-state index contributed by atoms with van der Waals surface area (Å²) in [6.45, 7) is 0. The van der Waals surface area contributed by atoms with Crippen LogP contribution >= 0.6 is 0 Å². The normalized spacial score (nSPS) is 12.0. The predicted octanol–water partition coefficient (Wildman–Crippen LogP) is 4.77. The second kappa shape index (κ2) is 6.61. The molecule has 0 aliphatic carbocycles. The highest BCUT2D eigenvalue weighted by Gasteiger charge is 2.23. The van der Waals surface area contributed by atoms with Gasteiger partial charge in [-0.3, -0.25) is 4.98 Å². The van der Waals surface area contributed by atoms with Gasteiger partial charge in [0, 0.05) is 11.6 Å². The Hall–Kier alpha value is -3.40. The maximum atomic E-state index is 12.6. The fourth-order valence-electron chi connectivity index (χ4n) is 2.71. The summed E-state index contributed by atoms with van der Waals surface area (Å²) in [6, 6.07) is 24.2. The van der Waals surface area contributed by atoms with Crippen LogP contribution in [0, 0.1) is 0 Å².